The normalized spacial score (nSPS) is 13.2. The minimum atomic E-state index is -4.46. The van der Waals surface area contributed by atoms with Crippen molar-refractivity contribution in [3.05, 3.63) is 29.3 Å². The van der Waals surface area contributed by atoms with Crippen molar-refractivity contribution in [2.75, 3.05) is 11.6 Å². The summed E-state index contributed by atoms with van der Waals surface area (Å²) in [6.07, 6.45) is -2.71. The molecule has 3 N–H and O–H groups in total. The van der Waals surface area contributed by atoms with Crippen molar-refractivity contribution in [1.29, 1.82) is 0 Å². The van der Waals surface area contributed by atoms with Gasteiger partial charge in [-0.25, -0.2) is 0 Å². The first kappa shape index (κ1) is 15.8. The molecule has 7 heteroatoms. The van der Waals surface area contributed by atoms with Crippen LogP contribution in [-0.2, 0) is 17.5 Å². The van der Waals surface area contributed by atoms with Gasteiger partial charge in [-0.2, -0.15) is 24.9 Å². The van der Waals surface area contributed by atoms with E-state index < -0.39 is 11.7 Å². The second-order valence-corrected chi connectivity index (χ2v) is 5.17. The number of carbonyl (C=O) groups is 1. The monoisotopic (exact) mass is 292 g/mol. The number of rotatable bonds is 4. The van der Waals surface area contributed by atoms with Crippen molar-refractivity contribution in [2.24, 2.45) is 5.73 Å². The Kier molecular flexibility index (Phi) is 5.25. The summed E-state index contributed by atoms with van der Waals surface area (Å²) in [5.41, 5.74) is 4.98. The van der Waals surface area contributed by atoms with Crippen LogP contribution in [0.3, 0.4) is 0 Å². The SMILES string of the molecule is CSC(C)C(=O)Nc1cc(CN)cc(C(F)(F)F)c1. The van der Waals surface area contributed by atoms with Crippen molar-refractivity contribution in [1.82, 2.24) is 0 Å². The van der Waals surface area contributed by atoms with Crippen molar-refractivity contribution >= 4 is 23.4 Å². The summed E-state index contributed by atoms with van der Waals surface area (Å²) in [5, 5.41) is 2.13. The lowest BCUT2D eigenvalue weighted by Crippen LogP contribution is -2.22. The fraction of sp³-hybridized carbons (Fsp3) is 0.417. The number of alkyl halides is 3. The molecule has 0 aliphatic rings. The maximum Gasteiger partial charge on any atom is 0.416 e. The minimum absolute atomic E-state index is 0.0229. The molecular weight excluding hydrogens is 277 g/mol. The molecule has 0 aliphatic carbocycles. The molecule has 0 aliphatic heterocycles. The fourth-order valence-corrected chi connectivity index (χ4v) is 1.67. The van der Waals surface area contributed by atoms with E-state index in [-0.39, 0.29) is 23.4 Å². The molecule has 1 rings (SSSR count). The molecule has 0 saturated heterocycles. The van der Waals surface area contributed by atoms with Crippen molar-refractivity contribution in [3.8, 4) is 0 Å². The quantitative estimate of drug-likeness (QED) is 0.897. The number of anilines is 1. The van der Waals surface area contributed by atoms with Gasteiger partial charge in [0, 0.05) is 12.2 Å². The van der Waals surface area contributed by atoms with E-state index in [1.807, 2.05) is 0 Å². The molecule has 1 aromatic rings. The average Bonchev–Trinajstić information content (AvgIpc) is 2.36. The first-order valence-electron chi connectivity index (χ1n) is 5.52. The van der Waals surface area contributed by atoms with Gasteiger partial charge in [-0.1, -0.05) is 0 Å². The smallest absolute Gasteiger partial charge is 0.326 e. The third kappa shape index (κ3) is 4.43. The lowest BCUT2D eigenvalue weighted by molar-refractivity contribution is -0.137. The number of hydrogen-bond donors (Lipinski definition) is 2. The van der Waals surface area contributed by atoms with Gasteiger partial charge in [0.25, 0.3) is 0 Å². The highest BCUT2D eigenvalue weighted by molar-refractivity contribution is 7.99. The molecule has 106 valence electrons. The Bertz CT molecular complexity index is 463. The number of hydrogen-bond acceptors (Lipinski definition) is 3. The van der Waals surface area contributed by atoms with E-state index in [4.69, 9.17) is 5.73 Å². The highest BCUT2D eigenvalue weighted by atomic mass is 32.2. The molecule has 1 unspecified atom stereocenters. The molecule has 0 radical (unpaired) electrons. The second-order valence-electron chi connectivity index (χ2n) is 3.99. The number of amides is 1. The van der Waals surface area contributed by atoms with Gasteiger partial charge in [0.05, 0.1) is 10.8 Å². The highest BCUT2D eigenvalue weighted by Crippen LogP contribution is 2.32. The van der Waals surface area contributed by atoms with Crippen LogP contribution in [-0.4, -0.2) is 17.4 Å². The summed E-state index contributed by atoms with van der Waals surface area (Å²) in [7, 11) is 0. The summed E-state index contributed by atoms with van der Waals surface area (Å²) in [4.78, 5) is 11.7. The van der Waals surface area contributed by atoms with E-state index >= 15 is 0 Å². The van der Waals surface area contributed by atoms with Crippen LogP contribution in [0.2, 0.25) is 0 Å². The Hall–Kier alpha value is -1.21. The number of halogens is 3. The number of carbonyl (C=O) groups excluding carboxylic acids is 1. The Balaban J connectivity index is 3.04. The largest absolute Gasteiger partial charge is 0.416 e. The van der Waals surface area contributed by atoms with Gasteiger partial charge in [0.15, 0.2) is 0 Å². The first-order chi connectivity index (χ1) is 8.77. The number of nitrogens with one attached hydrogen (secondary N) is 1. The molecule has 0 spiro atoms. The molecular formula is C12H15F3N2OS. The van der Waals surface area contributed by atoms with Crippen LogP contribution in [0.25, 0.3) is 0 Å². The molecule has 0 saturated carbocycles. The third-order valence-electron chi connectivity index (χ3n) is 2.55. The van der Waals surface area contributed by atoms with Gasteiger partial charge in [-0.05, 0) is 36.9 Å². The summed E-state index contributed by atoms with van der Waals surface area (Å²) in [5.74, 6) is -0.338. The van der Waals surface area contributed by atoms with Gasteiger partial charge in [0.1, 0.15) is 0 Å². The van der Waals surface area contributed by atoms with Gasteiger partial charge < -0.3 is 11.1 Å². The number of benzene rings is 1. The van der Waals surface area contributed by atoms with E-state index in [0.717, 1.165) is 12.1 Å². The summed E-state index contributed by atoms with van der Waals surface area (Å²) in [6.45, 7) is 1.66. The van der Waals surface area contributed by atoms with Gasteiger partial charge in [-0.15, -0.1) is 0 Å². The number of thioether (sulfide) groups is 1. The van der Waals surface area contributed by atoms with E-state index in [2.05, 4.69) is 5.32 Å². The van der Waals surface area contributed by atoms with Crippen LogP contribution in [0.5, 0.6) is 0 Å². The lowest BCUT2D eigenvalue weighted by atomic mass is 10.1. The molecule has 1 amide bonds. The van der Waals surface area contributed by atoms with Crippen molar-refractivity contribution < 1.29 is 18.0 Å². The Morgan fingerprint density at radius 3 is 2.53 bits per heavy atom. The molecule has 0 bridgehead atoms. The molecule has 19 heavy (non-hydrogen) atoms. The maximum absolute atomic E-state index is 12.7. The molecule has 0 aromatic heterocycles. The zero-order valence-electron chi connectivity index (χ0n) is 10.5. The van der Waals surface area contributed by atoms with Gasteiger partial charge in [0.2, 0.25) is 5.91 Å². The van der Waals surface area contributed by atoms with Crippen LogP contribution in [0, 0.1) is 0 Å². The lowest BCUT2D eigenvalue weighted by Gasteiger charge is -2.14. The summed E-state index contributed by atoms with van der Waals surface area (Å²) in [6, 6.07) is 3.33. The molecule has 1 aromatic carbocycles. The van der Waals surface area contributed by atoms with Crippen LogP contribution in [0.1, 0.15) is 18.1 Å². The van der Waals surface area contributed by atoms with Crippen LogP contribution >= 0.6 is 11.8 Å². The van der Waals surface area contributed by atoms with E-state index in [9.17, 15) is 18.0 Å². The molecule has 0 fully saturated rings. The van der Waals surface area contributed by atoms with Crippen molar-refractivity contribution in [3.63, 3.8) is 0 Å². The topological polar surface area (TPSA) is 55.1 Å². The average molecular weight is 292 g/mol. The maximum atomic E-state index is 12.7. The van der Waals surface area contributed by atoms with E-state index in [1.165, 1.54) is 17.8 Å². The molecule has 1 atom stereocenters. The van der Waals surface area contributed by atoms with Crippen LogP contribution in [0.4, 0.5) is 18.9 Å². The third-order valence-corrected chi connectivity index (χ3v) is 3.47. The fourth-order valence-electron chi connectivity index (χ4n) is 1.40. The van der Waals surface area contributed by atoms with Crippen LogP contribution < -0.4 is 11.1 Å². The summed E-state index contributed by atoms with van der Waals surface area (Å²) >= 11 is 1.31. The van der Waals surface area contributed by atoms with Gasteiger partial charge >= 0.3 is 6.18 Å². The highest BCUT2D eigenvalue weighted by Gasteiger charge is 2.31. The Labute approximate surface area is 113 Å². The predicted molar refractivity (Wildman–Crippen MR) is 70.9 cm³/mol. The minimum Gasteiger partial charge on any atom is -0.326 e. The second kappa shape index (κ2) is 6.29. The Morgan fingerprint density at radius 2 is 2.05 bits per heavy atom. The standard InChI is InChI=1S/C12H15F3N2OS/c1-7(19-2)11(18)17-10-4-8(6-16)3-9(5-10)12(13,14)15/h3-5,7H,6,16H2,1-2H3,(H,17,18). The molecule has 0 heterocycles. The molecule has 3 nitrogen and oxygen atoms in total. The van der Waals surface area contributed by atoms with Crippen molar-refractivity contribution in [2.45, 2.75) is 24.9 Å². The number of nitrogens with two attached hydrogens (primary N) is 1. The van der Waals surface area contributed by atoms with E-state index in [0.29, 0.717) is 5.56 Å². The Morgan fingerprint density at radius 1 is 1.42 bits per heavy atom. The predicted octanol–water partition coefficient (Wildman–Crippen LogP) is 2.85. The van der Waals surface area contributed by atoms with E-state index in [1.54, 1.807) is 13.2 Å². The van der Waals surface area contributed by atoms with Gasteiger partial charge in [-0.3, -0.25) is 4.79 Å². The van der Waals surface area contributed by atoms with Crippen LogP contribution in [0.15, 0.2) is 18.2 Å². The first-order valence-corrected chi connectivity index (χ1v) is 6.81. The summed E-state index contributed by atoms with van der Waals surface area (Å²) < 4.78 is 38.1. The zero-order valence-corrected chi connectivity index (χ0v) is 11.4. The zero-order chi connectivity index (χ0) is 14.6.